The quantitative estimate of drug-likeness (QED) is 0.411. The lowest BCUT2D eigenvalue weighted by Crippen LogP contribution is -2.44. The summed E-state index contributed by atoms with van der Waals surface area (Å²) < 4.78 is 29.4. The lowest BCUT2D eigenvalue weighted by atomic mass is 10.1. The fraction of sp³-hybridized carbons (Fsp3) is 0.200. The molecular formula is C25H23N5O2S. The molecule has 0 bridgehead atoms. The third kappa shape index (κ3) is 3.17. The Morgan fingerprint density at radius 1 is 0.848 bits per heavy atom. The molecule has 4 heterocycles. The van der Waals surface area contributed by atoms with Crippen molar-refractivity contribution in [2.24, 2.45) is 0 Å². The van der Waals surface area contributed by atoms with E-state index in [1.807, 2.05) is 48.5 Å². The monoisotopic (exact) mass is 457 g/mol. The van der Waals surface area contributed by atoms with E-state index in [0.717, 1.165) is 53.7 Å². The Hall–Kier alpha value is -3.49. The molecule has 2 aromatic carbocycles. The van der Waals surface area contributed by atoms with Gasteiger partial charge in [0.2, 0.25) is 0 Å². The van der Waals surface area contributed by atoms with Crippen molar-refractivity contribution in [2.75, 3.05) is 38.1 Å². The van der Waals surface area contributed by atoms with Crippen LogP contribution in [-0.4, -0.2) is 60.5 Å². The highest BCUT2D eigenvalue weighted by Crippen LogP contribution is 2.35. The molecule has 0 aliphatic carbocycles. The van der Waals surface area contributed by atoms with E-state index in [0.29, 0.717) is 11.0 Å². The van der Waals surface area contributed by atoms with Crippen molar-refractivity contribution in [1.29, 1.82) is 0 Å². The maximum Gasteiger partial charge on any atom is 0.270 e. The molecule has 0 unspecified atom stereocenters. The molecule has 0 spiro atoms. The van der Waals surface area contributed by atoms with Gasteiger partial charge in [-0.1, -0.05) is 36.4 Å². The minimum atomic E-state index is -3.90. The van der Waals surface area contributed by atoms with E-state index in [9.17, 15) is 8.42 Å². The smallest absolute Gasteiger partial charge is 0.270 e. The molecule has 0 amide bonds. The second kappa shape index (κ2) is 7.54. The van der Waals surface area contributed by atoms with Gasteiger partial charge in [0.25, 0.3) is 10.0 Å². The number of hydrogen-bond acceptors (Lipinski definition) is 6. The molecule has 33 heavy (non-hydrogen) atoms. The first-order valence-electron chi connectivity index (χ1n) is 11.0. The first-order valence-corrected chi connectivity index (χ1v) is 12.4. The average Bonchev–Trinajstić information content (AvgIpc) is 3.30. The molecule has 1 fully saturated rings. The number of piperazine rings is 1. The van der Waals surface area contributed by atoms with Gasteiger partial charge in [0.15, 0.2) is 0 Å². The van der Waals surface area contributed by atoms with Gasteiger partial charge >= 0.3 is 0 Å². The molecule has 166 valence electrons. The van der Waals surface area contributed by atoms with Crippen LogP contribution in [0.1, 0.15) is 0 Å². The van der Waals surface area contributed by atoms with Crippen LogP contribution in [0.25, 0.3) is 32.7 Å². The Balaban J connectivity index is 1.63. The van der Waals surface area contributed by atoms with Crippen molar-refractivity contribution in [3.8, 4) is 0 Å². The highest BCUT2D eigenvalue weighted by molar-refractivity contribution is 7.90. The Morgan fingerprint density at radius 2 is 1.64 bits per heavy atom. The van der Waals surface area contributed by atoms with Gasteiger partial charge in [-0.3, -0.25) is 4.98 Å². The van der Waals surface area contributed by atoms with Gasteiger partial charge in [0, 0.05) is 54.7 Å². The zero-order chi connectivity index (χ0) is 22.6. The Bertz CT molecular complexity index is 1610. The molecule has 3 aromatic heterocycles. The second-order valence-corrected chi connectivity index (χ2v) is 10.2. The minimum absolute atomic E-state index is 0.195. The van der Waals surface area contributed by atoms with Crippen LogP contribution in [0.3, 0.4) is 0 Å². The number of pyridine rings is 2. The van der Waals surface area contributed by atoms with Gasteiger partial charge in [-0.15, -0.1) is 0 Å². The molecule has 1 aliphatic rings. The Morgan fingerprint density at radius 3 is 2.48 bits per heavy atom. The molecule has 0 N–H and O–H groups in total. The topological polar surface area (TPSA) is 71.3 Å². The number of para-hydroxylation sites is 2. The minimum Gasteiger partial charge on any atom is -0.353 e. The summed E-state index contributed by atoms with van der Waals surface area (Å²) in [6, 6.07) is 18.6. The van der Waals surface area contributed by atoms with Crippen LogP contribution in [0.5, 0.6) is 0 Å². The van der Waals surface area contributed by atoms with E-state index in [1.54, 1.807) is 24.5 Å². The number of likely N-dealkylation sites (N-methyl/N-ethyl adjacent to an activating group) is 1. The molecule has 1 saturated heterocycles. The van der Waals surface area contributed by atoms with Crippen molar-refractivity contribution < 1.29 is 8.42 Å². The summed E-state index contributed by atoms with van der Waals surface area (Å²) >= 11 is 0. The third-order valence-electron chi connectivity index (χ3n) is 6.41. The predicted molar refractivity (Wildman–Crippen MR) is 131 cm³/mol. The number of nitrogens with zero attached hydrogens (tertiary/aromatic N) is 5. The summed E-state index contributed by atoms with van der Waals surface area (Å²) in [5.74, 6) is 0.835. The first-order chi connectivity index (χ1) is 16.0. The van der Waals surface area contributed by atoms with Gasteiger partial charge in [-0.25, -0.2) is 17.4 Å². The highest BCUT2D eigenvalue weighted by Gasteiger charge is 2.26. The lowest BCUT2D eigenvalue weighted by molar-refractivity contribution is 0.312. The summed E-state index contributed by atoms with van der Waals surface area (Å²) in [5, 5.41) is 2.45. The van der Waals surface area contributed by atoms with E-state index >= 15 is 0 Å². The largest absolute Gasteiger partial charge is 0.353 e. The zero-order valence-electron chi connectivity index (χ0n) is 18.2. The number of rotatable bonds is 3. The summed E-state index contributed by atoms with van der Waals surface area (Å²) in [6.07, 6.45) is 3.27. The molecule has 0 radical (unpaired) electrons. The average molecular weight is 458 g/mol. The van der Waals surface area contributed by atoms with Crippen LogP contribution in [0.2, 0.25) is 0 Å². The van der Waals surface area contributed by atoms with E-state index in [1.165, 1.54) is 3.97 Å². The van der Waals surface area contributed by atoms with Crippen molar-refractivity contribution in [3.63, 3.8) is 0 Å². The second-order valence-electron chi connectivity index (χ2n) is 8.45. The molecule has 8 heteroatoms. The maximum absolute atomic E-state index is 14.0. The van der Waals surface area contributed by atoms with E-state index in [2.05, 4.69) is 21.8 Å². The van der Waals surface area contributed by atoms with E-state index < -0.39 is 10.0 Å². The summed E-state index contributed by atoms with van der Waals surface area (Å²) in [5.41, 5.74) is 1.91. The predicted octanol–water partition coefficient (Wildman–Crippen LogP) is 3.73. The number of hydrogen-bond donors (Lipinski definition) is 0. The van der Waals surface area contributed by atoms with Crippen molar-refractivity contribution in [2.45, 2.75) is 4.90 Å². The van der Waals surface area contributed by atoms with Crippen LogP contribution in [0.15, 0.2) is 78.0 Å². The van der Waals surface area contributed by atoms with Gasteiger partial charge in [0.1, 0.15) is 10.7 Å². The lowest BCUT2D eigenvalue weighted by Gasteiger charge is -2.33. The van der Waals surface area contributed by atoms with Crippen LogP contribution in [0.4, 0.5) is 5.82 Å². The zero-order valence-corrected chi connectivity index (χ0v) is 19.0. The van der Waals surface area contributed by atoms with E-state index in [-0.39, 0.29) is 4.90 Å². The van der Waals surface area contributed by atoms with Gasteiger partial charge in [-0.05, 0) is 31.3 Å². The molecule has 0 saturated carbocycles. The van der Waals surface area contributed by atoms with Crippen LogP contribution in [0, 0.1) is 0 Å². The summed E-state index contributed by atoms with van der Waals surface area (Å²) in [7, 11) is -1.78. The van der Waals surface area contributed by atoms with Crippen molar-refractivity contribution in [1.82, 2.24) is 18.8 Å². The number of fused-ring (bicyclic) bond motifs is 4. The number of benzene rings is 2. The fourth-order valence-corrected chi connectivity index (χ4v) is 6.19. The van der Waals surface area contributed by atoms with Crippen LogP contribution in [-0.2, 0) is 10.0 Å². The van der Waals surface area contributed by atoms with E-state index in [4.69, 9.17) is 4.98 Å². The van der Waals surface area contributed by atoms with Crippen LogP contribution >= 0.6 is 0 Å². The standard InChI is InChI=1S/C25H23N5O2S/c1-28-14-16-29(17-15-28)25-20-11-13-30(24(20)19-8-2-3-9-21(19)27-25)33(31,32)22-10-4-6-18-7-5-12-26-23(18)22/h2-13H,14-17H2,1H3. The number of anilines is 1. The van der Waals surface area contributed by atoms with Crippen LogP contribution < -0.4 is 4.90 Å². The normalized spacial score (nSPS) is 15.6. The maximum atomic E-state index is 14.0. The molecule has 7 nitrogen and oxygen atoms in total. The molecule has 5 aromatic rings. The van der Waals surface area contributed by atoms with Gasteiger partial charge < -0.3 is 9.80 Å². The molecule has 0 atom stereocenters. The summed E-state index contributed by atoms with van der Waals surface area (Å²) in [4.78, 5) is 14.1. The Kier molecular flexibility index (Phi) is 4.60. The molecule has 6 rings (SSSR count). The SMILES string of the molecule is CN1CCN(c2nc3ccccc3c3c2ccn3S(=O)(=O)c2cccc3cccnc23)CC1. The van der Waals surface area contributed by atoms with Crippen molar-refractivity contribution in [3.05, 3.63) is 73.1 Å². The number of aromatic nitrogens is 3. The van der Waals surface area contributed by atoms with Gasteiger partial charge in [0.05, 0.1) is 16.6 Å². The van der Waals surface area contributed by atoms with Gasteiger partial charge in [-0.2, -0.15) is 0 Å². The van der Waals surface area contributed by atoms with Crippen molar-refractivity contribution >= 4 is 48.5 Å². The molecular weight excluding hydrogens is 434 g/mol. The third-order valence-corrected chi connectivity index (χ3v) is 8.12. The molecule has 1 aliphatic heterocycles. The highest BCUT2D eigenvalue weighted by atomic mass is 32.2. The Labute approximate surface area is 191 Å². The summed E-state index contributed by atoms with van der Waals surface area (Å²) in [6.45, 7) is 3.58. The fourth-order valence-electron chi connectivity index (χ4n) is 4.65. The first kappa shape index (κ1) is 20.1.